The molecule has 3 atom stereocenters. The molecule has 1 saturated heterocycles. The first-order valence-corrected chi connectivity index (χ1v) is 8.81. The van der Waals surface area contributed by atoms with Crippen LogP contribution in [0.5, 0.6) is 0 Å². The predicted octanol–water partition coefficient (Wildman–Crippen LogP) is 3.00. The van der Waals surface area contributed by atoms with Crippen LogP contribution in [0.25, 0.3) is 0 Å². The Balaban J connectivity index is 1.81. The van der Waals surface area contributed by atoms with Gasteiger partial charge in [-0.25, -0.2) is 4.79 Å². The fourth-order valence-corrected chi connectivity index (χ4v) is 2.89. The first kappa shape index (κ1) is 18.7. The van der Waals surface area contributed by atoms with E-state index < -0.39 is 5.60 Å². The normalized spacial score (nSPS) is 23.0. The van der Waals surface area contributed by atoms with Gasteiger partial charge in [0.05, 0.1) is 11.6 Å². The van der Waals surface area contributed by atoms with Gasteiger partial charge in [-0.05, 0) is 37.7 Å². The molecule has 3 unspecified atom stereocenters. The van der Waals surface area contributed by atoms with Gasteiger partial charge in [0.25, 0.3) is 0 Å². The third-order valence-electron chi connectivity index (χ3n) is 4.43. The monoisotopic (exact) mass is 334 g/mol. The van der Waals surface area contributed by atoms with Crippen molar-refractivity contribution in [3.05, 3.63) is 35.9 Å². The van der Waals surface area contributed by atoms with E-state index in [0.29, 0.717) is 18.9 Å². The number of urea groups is 1. The molecule has 0 aromatic heterocycles. The average molecular weight is 334 g/mol. The first-order chi connectivity index (χ1) is 11.4. The van der Waals surface area contributed by atoms with E-state index in [0.717, 1.165) is 18.4 Å². The fraction of sp³-hybridized carbons (Fsp3) is 0.632. The standard InChI is InChI=1S/C19H30N2O3/c1-14(2)9-11-19(3,23)13-20-18(22)21-16-10-12-24-17(16)15-7-5-4-6-8-15/h4-8,14,16-17,23H,9-13H2,1-3H3,(H2,20,21,22). The lowest BCUT2D eigenvalue weighted by Gasteiger charge is -2.26. The Morgan fingerprint density at radius 3 is 2.75 bits per heavy atom. The Morgan fingerprint density at radius 2 is 2.08 bits per heavy atom. The molecule has 1 heterocycles. The molecule has 2 amide bonds. The Kier molecular flexibility index (Phi) is 6.63. The van der Waals surface area contributed by atoms with Gasteiger partial charge in [0.15, 0.2) is 0 Å². The zero-order valence-corrected chi connectivity index (χ0v) is 14.9. The Hall–Kier alpha value is -1.59. The van der Waals surface area contributed by atoms with Crippen molar-refractivity contribution in [2.45, 2.75) is 57.8 Å². The topological polar surface area (TPSA) is 70.6 Å². The number of carbonyl (C=O) groups is 1. The summed E-state index contributed by atoms with van der Waals surface area (Å²) < 4.78 is 5.77. The molecular weight excluding hydrogens is 304 g/mol. The van der Waals surface area contributed by atoms with E-state index >= 15 is 0 Å². The number of hydrogen-bond acceptors (Lipinski definition) is 3. The highest BCUT2D eigenvalue weighted by molar-refractivity contribution is 5.74. The molecule has 0 aliphatic carbocycles. The zero-order chi connectivity index (χ0) is 17.6. The molecule has 0 radical (unpaired) electrons. The fourth-order valence-electron chi connectivity index (χ4n) is 2.89. The number of benzene rings is 1. The third-order valence-corrected chi connectivity index (χ3v) is 4.43. The summed E-state index contributed by atoms with van der Waals surface area (Å²) in [4.78, 5) is 12.2. The molecule has 134 valence electrons. The quantitative estimate of drug-likeness (QED) is 0.718. The summed E-state index contributed by atoms with van der Waals surface area (Å²) in [6.45, 7) is 6.90. The van der Waals surface area contributed by atoms with Gasteiger partial charge in [-0.2, -0.15) is 0 Å². The van der Waals surface area contributed by atoms with Crippen LogP contribution in [-0.4, -0.2) is 35.9 Å². The molecule has 1 aromatic rings. The number of hydrogen-bond donors (Lipinski definition) is 3. The number of carbonyl (C=O) groups excluding carboxylic acids is 1. The first-order valence-electron chi connectivity index (χ1n) is 8.81. The molecule has 0 saturated carbocycles. The van der Waals surface area contributed by atoms with E-state index in [1.54, 1.807) is 6.92 Å². The number of amides is 2. The van der Waals surface area contributed by atoms with Gasteiger partial charge in [-0.3, -0.25) is 0 Å². The molecule has 1 aliphatic rings. The van der Waals surface area contributed by atoms with E-state index in [-0.39, 0.29) is 24.7 Å². The van der Waals surface area contributed by atoms with E-state index in [1.807, 2.05) is 30.3 Å². The van der Waals surface area contributed by atoms with E-state index in [1.165, 1.54) is 0 Å². The van der Waals surface area contributed by atoms with Crippen molar-refractivity contribution < 1.29 is 14.6 Å². The van der Waals surface area contributed by atoms with Crippen molar-refractivity contribution in [2.24, 2.45) is 5.92 Å². The molecule has 1 fully saturated rings. The highest BCUT2D eigenvalue weighted by atomic mass is 16.5. The van der Waals surface area contributed by atoms with Crippen LogP contribution in [-0.2, 0) is 4.74 Å². The van der Waals surface area contributed by atoms with E-state index in [2.05, 4.69) is 24.5 Å². The highest BCUT2D eigenvalue weighted by Gasteiger charge is 2.31. The SMILES string of the molecule is CC(C)CCC(C)(O)CNC(=O)NC1CCOC1c1ccccc1. The molecular formula is C19H30N2O3. The van der Waals surface area contributed by atoms with Crippen LogP contribution in [0.2, 0.25) is 0 Å². The molecule has 5 heteroatoms. The lowest BCUT2D eigenvalue weighted by molar-refractivity contribution is 0.0473. The maximum absolute atomic E-state index is 12.2. The molecule has 0 bridgehead atoms. The second kappa shape index (κ2) is 8.49. The van der Waals surface area contributed by atoms with Crippen LogP contribution in [0.1, 0.15) is 51.7 Å². The summed E-state index contributed by atoms with van der Waals surface area (Å²) >= 11 is 0. The zero-order valence-electron chi connectivity index (χ0n) is 14.9. The van der Waals surface area contributed by atoms with Crippen LogP contribution in [0.15, 0.2) is 30.3 Å². The van der Waals surface area contributed by atoms with Crippen molar-refractivity contribution in [1.82, 2.24) is 10.6 Å². The summed E-state index contributed by atoms with van der Waals surface area (Å²) in [5.41, 5.74) is 0.191. The number of rotatable bonds is 7. The minimum atomic E-state index is -0.882. The second-order valence-corrected chi connectivity index (χ2v) is 7.35. The third kappa shape index (κ3) is 5.80. The summed E-state index contributed by atoms with van der Waals surface area (Å²) in [5.74, 6) is 0.535. The summed E-state index contributed by atoms with van der Waals surface area (Å²) in [7, 11) is 0. The Labute approximate surface area is 144 Å². The van der Waals surface area contributed by atoms with Gasteiger partial charge in [0, 0.05) is 13.2 Å². The molecule has 1 aliphatic heterocycles. The van der Waals surface area contributed by atoms with Crippen molar-refractivity contribution in [3.63, 3.8) is 0 Å². The molecule has 1 aromatic carbocycles. The Morgan fingerprint density at radius 1 is 1.38 bits per heavy atom. The summed E-state index contributed by atoms with van der Waals surface area (Å²) in [6, 6.07) is 9.63. The van der Waals surface area contributed by atoms with E-state index in [4.69, 9.17) is 4.74 Å². The van der Waals surface area contributed by atoms with Crippen molar-refractivity contribution >= 4 is 6.03 Å². The van der Waals surface area contributed by atoms with Crippen LogP contribution in [0.3, 0.4) is 0 Å². The molecule has 0 spiro atoms. The van der Waals surface area contributed by atoms with Gasteiger partial charge in [-0.15, -0.1) is 0 Å². The van der Waals surface area contributed by atoms with Crippen LogP contribution in [0, 0.1) is 5.92 Å². The molecule has 24 heavy (non-hydrogen) atoms. The number of ether oxygens (including phenoxy) is 1. The molecule has 2 rings (SSSR count). The second-order valence-electron chi connectivity index (χ2n) is 7.35. The Bertz CT molecular complexity index is 517. The van der Waals surface area contributed by atoms with Crippen LogP contribution >= 0.6 is 0 Å². The van der Waals surface area contributed by atoms with Crippen LogP contribution in [0.4, 0.5) is 4.79 Å². The smallest absolute Gasteiger partial charge is 0.315 e. The van der Waals surface area contributed by atoms with Gasteiger partial charge < -0.3 is 20.5 Å². The number of nitrogens with one attached hydrogen (secondary N) is 2. The lowest BCUT2D eigenvalue weighted by Crippen LogP contribution is -2.48. The maximum atomic E-state index is 12.2. The average Bonchev–Trinajstić information content (AvgIpc) is 3.00. The predicted molar refractivity (Wildman–Crippen MR) is 94.8 cm³/mol. The molecule has 3 N–H and O–H groups in total. The van der Waals surface area contributed by atoms with E-state index in [9.17, 15) is 9.90 Å². The van der Waals surface area contributed by atoms with Gasteiger partial charge in [0.1, 0.15) is 6.10 Å². The minimum Gasteiger partial charge on any atom is -0.388 e. The van der Waals surface area contributed by atoms with Crippen molar-refractivity contribution in [3.8, 4) is 0 Å². The molecule has 5 nitrogen and oxygen atoms in total. The minimum absolute atomic E-state index is 0.0481. The largest absolute Gasteiger partial charge is 0.388 e. The van der Waals surface area contributed by atoms with Crippen molar-refractivity contribution in [2.75, 3.05) is 13.2 Å². The summed E-state index contributed by atoms with van der Waals surface area (Å²) in [5, 5.41) is 16.1. The van der Waals surface area contributed by atoms with Gasteiger partial charge in [-0.1, -0.05) is 44.2 Å². The number of aliphatic hydroxyl groups is 1. The van der Waals surface area contributed by atoms with Crippen molar-refractivity contribution in [1.29, 1.82) is 0 Å². The highest BCUT2D eigenvalue weighted by Crippen LogP contribution is 2.28. The van der Waals surface area contributed by atoms with Gasteiger partial charge in [0.2, 0.25) is 0 Å². The lowest BCUT2D eigenvalue weighted by atomic mass is 9.95. The van der Waals surface area contributed by atoms with Gasteiger partial charge >= 0.3 is 6.03 Å². The maximum Gasteiger partial charge on any atom is 0.315 e. The summed E-state index contributed by atoms with van der Waals surface area (Å²) in [6.07, 6.45) is 2.28. The van der Waals surface area contributed by atoms with Crippen LogP contribution < -0.4 is 10.6 Å².